The molecule has 0 spiro atoms. The van der Waals surface area contributed by atoms with Crippen molar-refractivity contribution in [3.05, 3.63) is 29.3 Å². The summed E-state index contributed by atoms with van der Waals surface area (Å²) in [5.41, 5.74) is 7.79. The third-order valence-electron chi connectivity index (χ3n) is 2.62. The number of H-pyrrole nitrogens is 1. The molecular weight excluding hydrogens is 244 g/mol. The number of carbonyl (C=O) groups is 1. The summed E-state index contributed by atoms with van der Waals surface area (Å²) in [6, 6.07) is 5.44. The van der Waals surface area contributed by atoms with Crippen LogP contribution in [-0.2, 0) is 0 Å². The molecule has 1 heterocycles. The molecule has 0 atom stereocenters. The first-order valence-corrected chi connectivity index (χ1v) is 5.74. The van der Waals surface area contributed by atoms with Crippen molar-refractivity contribution < 1.29 is 4.79 Å². The quantitative estimate of drug-likeness (QED) is 0.768. The van der Waals surface area contributed by atoms with Crippen molar-refractivity contribution in [3.8, 4) is 0 Å². The van der Waals surface area contributed by atoms with Crippen LogP contribution in [0.4, 0.5) is 17.6 Å². The van der Waals surface area contributed by atoms with Crippen LogP contribution in [0.2, 0.25) is 0 Å². The molecule has 100 valence electrons. The van der Waals surface area contributed by atoms with E-state index in [4.69, 9.17) is 5.73 Å². The number of carbonyl (C=O) groups excluding carboxylic acids is 1. The minimum absolute atomic E-state index is 0.0220. The van der Waals surface area contributed by atoms with Gasteiger partial charge >= 0.3 is 0 Å². The monoisotopic (exact) mass is 260 g/mol. The fourth-order valence-corrected chi connectivity index (χ4v) is 1.68. The van der Waals surface area contributed by atoms with Crippen LogP contribution < -0.4 is 11.1 Å². The van der Waals surface area contributed by atoms with Gasteiger partial charge < -0.3 is 16.0 Å². The summed E-state index contributed by atoms with van der Waals surface area (Å²) in [6.45, 7) is 1.88. The van der Waals surface area contributed by atoms with E-state index in [1.54, 1.807) is 31.1 Å². The first kappa shape index (κ1) is 12.9. The zero-order valence-electron chi connectivity index (χ0n) is 11.1. The molecule has 1 aromatic heterocycles. The zero-order valence-corrected chi connectivity index (χ0v) is 11.1. The van der Waals surface area contributed by atoms with Gasteiger partial charge in [-0.3, -0.25) is 4.79 Å². The van der Waals surface area contributed by atoms with Crippen LogP contribution in [0.1, 0.15) is 15.9 Å². The average molecular weight is 260 g/mol. The van der Waals surface area contributed by atoms with Gasteiger partial charge in [0.1, 0.15) is 0 Å². The topological polar surface area (TPSA) is 99.9 Å². The maximum absolute atomic E-state index is 11.9. The summed E-state index contributed by atoms with van der Waals surface area (Å²) >= 11 is 0. The van der Waals surface area contributed by atoms with E-state index in [-0.39, 0.29) is 11.9 Å². The van der Waals surface area contributed by atoms with Crippen LogP contribution in [0.3, 0.4) is 0 Å². The normalized spacial score (nSPS) is 10.3. The largest absolute Gasteiger partial charge is 0.368 e. The Morgan fingerprint density at radius 2 is 2.16 bits per heavy atom. The minimum atomic E-state index is -0.0220. The summed E-state index contributed by atoms with van der Waals surface area (Å²) in [7, 11) is 3.45. The highest BCUT2D eigenvalue weighted by atomic mass is 16.2. The number of amides is 1. The predicted molar refractivity (Wildman–Crippen MR) is 73.3 cm³/mol. The first-order chi connectivity index (χ1) is 8.97. The fraction of sp³-hybridized carbons (Fsp3) is 0.250. The molecule has 1 amide bonds. The first-order valence-electron chi connectivity index (χ1n) is 5.74. The molecule has 0 aliphatic carbocycles. The highest BCUT2D eigenvalue weighted by Gasteiger charge is 2.11. The number of nitrogens with one attached hydrogen (secondary N) is 2. The number of anilines is 3. The molecular formula is C12H16N6O. The van der Waals surface area contributed by atoms with Crippen LogP contribution >= 0.6 is 0 Å². The van der Waals surface area contributed by atoms with E-state index in [1.165, 1.54) is 0 Å². The lowest BCUT2D eigenvalue weighted by Crippen LogP contribution is -2.22. The van der Waals surface area contributed by atoms with Crippen molar-refractivity contribution in [2.45, 2.75) is 6.92 Å². The molecule has 0 saturated carbocycles. The number of aromatic amines is 1. The van der Waals surface area contributed by atoms with Crippen LogP contribution in [-0.4, -0.2) is 40.1 Å². The van der Waals surface area contributed by atoms with Gasteiger partial charge in [-0.15, -0.1) is 5.10 Å². The molecule has 2 rings (SSSR count). The Hall–Kier alpha value is -2.57. The van der Waals surface area contributed by atoms with Gasteiger partial charge in [-0.2, -0.15) is 4.98 Å². The van der Waals surface area contributed by atoms with Gasteiger partial charge in [-0.05, 0) is 30.7 Å². The number of hydrogen-bond donors (Lipinski definition) is 3. The van der Waals surface area contributed by atoms with Gasteiger partial charge in [0, 0.05) is 25.3 Å². The molecule has 4 N–H and O–H groups in total. The molecule has 0 bridgehead atoms. The molecule has 0 saturated heterocycles. The molecule has 0 unspecified atom stereocenters. The number of nitrogens with two attached hydrogens (primary N) is 1. The van der Waals surface area contributed by atoms with E-state index in [9.17, 15) is 4.79 Å². The third-order valence-corrected chi connectivity index (χ3v) is 2.62. The number of hydrogen-bond acceptors (Lipinski definition) is 5. The van der Waals surface area contributed by atoms with Crippen molar-refractivity contribution in [1.82, 2.24) is 20.1 Å². The smallest absolute Gasteiger partial charge is 0.253 e. The van der Waals surface area contributed by atoms with E-state index < -0.39 is 0 Å². The molecule has 1 aromatic carbocycles. The molecule has 2 aromatic rings. The third kappa shape index (κ3) is 2.82. The van der Waals surface area contributed by atoms with Gasteiger partial charge in [-0.25, -0.2) is 5.10 Å². The molecule has 7 nitrogen and oxygen atoms in total. The van der Waals surface area contributed by atoms with Crippen molar-refractivity contribution >= 4 is 23.5 Å². The van der Waals surface area contributed by atoms with Crippen LogP contribution in [0.15, 0.2) is 18.2 Å². The summed E-state index contributed by atoms with van der Waals surface area (Å²) in [6.07, 6.45) is 0. The molecule has 0 aliphatic heterocycles. The highest BCUT2D eigenvalue weighted by Crippen LogP contribution is 2.19. The Morgan fingerprint density at radius 1 is 1.42 bits per heavy atom. The van der Waals surface area contributed by atoms with Crippen LogP contribution in [0, 0.1) is 6.92 Å². The number of aryl methyl sites for hydroxylation is 1. The number of nitrogens with zero attached hydrogens (tertiary/aromatic N) is 3. The number of aromatic nitrogens is 3. The molecule has 0 radical (unpaired) electrons. The molecule has 0 aliphatic rings. The zero-order chi connectivity index (χ0) is 14.0. The van der Waals surface area contributed by atoms with E-state index in [2.05, 4.69) is 20.5 Å². The van der Waals surface area contributed by atoms with Crippen molar-refractivity contribution in [1.29, 1.82) is 0 Å². The Labute approximate surface area is 110 Å². The Morgan fingerprint density at radius 3 is 2.68 bits per heavy atom. The highest BCUT2D eigenvalue weighted by molar-refractivity contribution is 5.95. The minimum Gasteiger partial charge on any atom is -0.368 e. The molecule has 0 fully saturated rings. The van der Waals surface area contributed by atoms with Gasteiger partial charge in [0.2, 0.25) is 11.9 Å². The molecule has 19 heavy (non-hydrogen) atoms. The Kier molecular flexibility index (Phi) is 3.37. The van der Waals surface area contributed by atoms with E-state index in [0.29, 0.717) is 11.5 Å². The Balaban J connectivity index is 2.21. The van der Waals surface area contributed by atoms with Gasteiger partial charge in [-0.1, -0.05) is 0 Å². The lowest BCUT2D eigenvalue weighted by molar-refractivity contribution is 0.0827. The van der Waals surface area contributed by atoms with Gasteiger partial charge in [0.15, 0.2) is 0 Å². The van der Waals surface area contributed by atoms with E-state index >= 15 is 0 Å². The summed E-state index contributed by atoms with van der Waals surface area (Å²) < 4.78 is 0. The maximum Gasteiger partial charge on any atom is 0.253 e. The van der Waals surface area contributed by atoms with Crippen LogP contribution in [0.5, 0.6) is 0 Å². The Bertz CT molecular complexity index is 604. The fourth-order valence-electron chi connectivity index (χ4n) is 1.68. The lowest BCUT2D eigenvalue weighted by Gasteiger charge is -2.13. The second-order valence-corrected chi connectivity index (χ2v) is 4.40. The van der Waals surface area contributed by atoms with E-state index in [0.717, 1.165) is 11.3 Å². The van der Waals surface area contributed by atoms with Crippen LogP contribution in [0.25, 0.3) is 0 Å². The lowest BCUT2D eigenvalue weighted by atomic mass is 10.1. The van der Waals surface area contributed by atoms with Crippen molar-refractivity contribution in [3.63, 3.8) is 0 Å². The predicted octanol–water partition coefficient (Wildman–Crippen LogP) is 1.14. The second-order valence-electron chi connectivity index (χ2n) is 4.40. The number of benzene rings is 1. The average Bonchev–Trinajstić information content (AvgIpc) is 2.74. The SMILES string of the molecule is Cc1cc(Nc2n[nH]c(N)n2)ccc1C(=O)N(C)C. The maximum atomic E-state index is 11.9. The number of rotatable bonds is 3. The van der Waals surface area contributed by atoms with Gasteiger partial charge in [0.05, 0.1) is 0 Å². The standard InChI is InChI=1S/C12H16N6O/c1-7-6-8(14-12-15-11(13)16-17-12)4-5-9(7)10(19)18(2)3/h4-6H,1-3H3,(H4,13,14,15,16,17). The summed E-state index contributed by atoms with van der Waals surface area (Å²) in [4.78, 5) is 17.4. The molecule has 7 heteroatoms. The summed E-state index contributed by atoms with van der Waals surface area (Å²) in [5, 5.41) is 9.42. The second kappa shape index (κ2) is 4.97. The van der Waals surface area contributed by atoms with E-state index in [1.807, 2.05) is 13.0 Å². The van der Waals surface area contributed by atoms with Crippen molar-refractivity contribution in [2.24, 2.45) is 0 Å². The summed E-state index contributed by atoms with van der Waals surface area (Å²) in [5.74, 6) is 0.619. The number of nitrogen functional groups attached to an aromatic ring is 1. The van der Waals surface area contributed by atoms with Gasteiger partial charge in [0.25, 0.3) is 5.91 Å². The van der Waals surface area contributed by atoms with Crippen molar-refractivity contribution in [2.75, 3.05) is 25.1 Å².